The highest BCUT2D eigenvalue weighted by Crippen LogP contribution is 2.36. The Morgan fingerprint density at radius 2 is 2.05 bits per heavy atom. The highest BCUT2D eigenvalue weighted by molar-refractivity contribution is 5.73. The molecule has 6 heteroatoms. The van der Waals surface area contributed by atoms with E-state index in [0.717, 1.165) is 51.9 Å². The highest BCUT2D eigenvalue weighted by atomic mass is 16.4. The summed E-state index contributed by atoms with van der Waals surface area (Å²) in [5.41, 5.74) is 5.41. The van der Waals surface area contributed by atoms with Crippen LogP contribution >= 0.6 is 0 Å². The van der Waals surface area contributed by atoms with Crippen molar-refractivity contribution >= 4 is 5.97 Å². The van der Waals surface area contributed by atoms with E-state index in [9.17, 15) is 9.90 Å². The Morgan fingerprint density at radius 3 is 2.55 bits per heavy atom. The summed E-state index contributed by atoms with van der Waals surface area (Å²) in [6, 6.07) is -0.447. The molecule has 1 saturated carbocycles. The normalized spacial score (nSPS) is 24.1. The number of aliphatic carboxylic acids is 1. The fourth-order valence-electron chi connectivity index (χ4n) is 3.23. The Balaban J connectivity index is 1.93. The zero-order chi connectivity index (χ0) is 14.4. The molecule has 1 atom stereocenters. The van der Waals surface area contributed by atoms with Crippen molar-refractivity contribution in [3.05, 3.63) is 0 Å². The Kier molecular flexibility index (Phi) is 5.77. The van der Waals surface area contributed by atoms with Gasteiger partial charge in [0.2, 0.25) is 0 Å². The van der Waals surface area contributed by atoms with Crippen LogP contribution in [0.4, 0.5) is 0 Å². The molecular weight excluding hydrogens is 256 g/mol. The molecule has 1 heterocycles. The zero-order valence-electron chi connectivity index (χ0n) is 12.2. The fraction of sp³-hybridized carbons (Fsp3) is 0.929. The van der Waals surface area contributed by atoms with E-state index in [1.165, 1.54) is 6.42 Å². The molecule has 6 nitrogen and oxygen atoms in total. The Bertz CT molecular complexity index is 314. The van der Waals surface area contributed by atoms with Crippen LogP contribution in [0, 0.1) is 0 Å². The van der Waals surface area contributed by atoms with Gasteiger partial charge in [0, 0.05) is 26.2 Å². The summed E-state index contributed by atoms with van der Waals surface area (Å²) in [4.78, 5) is 13.9. The predicted molar refractivity (Wildman–Crippen MR) is 78.5 cm³/mol. The van der Waals surface area contributed by atoms with Crippen LogP contribution in [-0.2, 0) is 4.79 Å². The summed E-state index contributed by atoms with van der Waals surface area (Å²) in [6.07, 6.45) is 5.75. The second-order valence-electron chi connectivity index (χ2n) is 5.94. The SMILES string of the molecule is NCCCCC(NC1(N2CCNCC2)CCC1)C(=O)O. The van der Waals surface area contributed by atoms with Gasteiger partial charge < -0.3 is 16.2 Å². The van der Waals surface area contributed by atoms with E-state index in [0.29, 0.717) is 13.0 Å². The van der Waals surface area contributed by atoms with E-state index in [1.54, 1.807) is 0 Å². The van der Waals surface area contributed by atoms with Gasteiger partial charge in [0.05, 0.1) is 5.66 Å². The number of hydrogen-bond acceptors (Lipinski definition) is 5. The van der Waals surface area contributed by atoms with E-state index in [1.807, 2.05) is 0 Å². The molecule has 116 valence electrons. The minimum Gasteiger partial charge on any atom is -0.480 e. The molecule has 1 aliphatic carbocycles. The van der Waals surface area contributed by atoms with Gasteiger partial charge in [0.15, 0.2) is 0 Å². The average Bonchev–Trinajstić information content (AvgIpc) is 2.41. The van der Waals surface area contributed by atoms with Crippen molar-refractivity contribution in [3.8, 4) is 0 Å². The Morgan fingerprint density at radius 1 is 1.35 bits per heavy atom. The third kappa shape index (κ3) is 3.69. The lowest BCUT2D eigenvalue weighted by molar-refractivity contribution is -0.142. The van der Waals surface area contributed by atoms with Gasteiger partial charge in [-0.15, -0.1) is 0 Å². The fourth-order valence-corrected chi connectivity index (χ4v) is 3.23. The molecule has 0 aromatic rings. The Hall–Kier alpha value is -0.690. The number of rotatable bonds is 8. The zero-order valence-corrected chi connectivity index (χ0v) is 12.2. The van der Waals surface area contributed by atoms with Crippen LogP contribution in [0.15, 0.2) is 0 Å². The first-order chi connectivity index (χ1) is 9.68. The predicted octanol–water partition coefficient (Wildman–Crippen LogP) is -0.0564. The second-order valence-corrected chi connectivity index (χ2v) is 5.94. The van der Waals surface area contributed by atoms with Gasteiger partial charge >= 0.3 is 5.97 Å². The van der Waals surface area contributed by atoms with Crippen molar-refractivity contribution in [2.24, 2.45) is 5.73 Å². The van der Waals surface area contributed by atoms with E-state index in [-0.39, 0.29) is 5.66 Å². The number of piperazine rings is 1. The summed E-state index contributed by atoms with van der Waals surface area (Å²) in [7, 11) is 0. The standard InChI is InChI=1S/C14H28N4O2/c15-7-2-1-4-12(13(19)20)17-14(5-3-6-14)18-10-8-16-9-11-18/h12,16-17H,1-11,15H2,(H,19,20). The number of nitrogens with one attached hydrogen (secondary N) is 2. The van der Waals surface area contributed by atoms with E-state index >= 15 is 0 Å². The molecule has 0 spiro atoms. The van der Waals surface area contributed by atoms with Gasteiger partial charge in [-0.2, -0.15) is 0 Å². The minimum atomic E-state index is -0.733. The summed E-state index contributed by atoms with van der Waals surface area (Å²) >= 11 is 0. The molecule has 20 heavy (non-hydrogen) atoms. The van der Waals surface area contributed by atoms with Gasteiger partial charge in [-0.25, -0.2) is 0 Å². The molecule has 2 fully saturated rings. The molecule has 2 rings (SSSR count). The van der Waals surface area contributed by atoms with Gasteiger partial charge in [0.1, 0.15) is 6.04 Å². The van der Waals surface area contributed by atoms with E-state index in [4.69, 9.17) is 5.73 Å². The van der Waals surface area contributed by atoms with E-state index < -0.39 is 12.0 Å². The van der Waals surface area contributed by atoms with Crippen molar-refractivity contribution in [3.63, 3.8) is 0 Å². The number of carboxylic acids is 1. The summed E-state index contributed by atoms with van der Waals surface area (Å²) in [5.74, 6) is -0.733. The van der Waals surface area contributed by atoms with Crippen molar-refractivity contribution < 1.29 is 9.90 Å². The van der Waals surface area contributed by atoms with Crippen molar-refractivity contribution in [1.82, 2.24) is 15.5 Å². The lowest BCUT2D eigenvalue weighted by Crippen LogP contribution is -2.69. The number of hydrogen-bond donors (Lipinski definition) is 4. The van der Waals surface area contributed by atoms with Crippen molar-refractivity contribution in [1.29, 1.82) is 0 Å². The first-order valence-corrected chi connectivity index (χ1v) is 7.84. The minimum absolute atomic E-state index is 0.0755. The third-order valence-electron chi connectivity index (χ3n) is 4.59. The van der Waals surface area contributed by atoms with Gasteiger partial charge in [-0.3, -0.25) is 15.0 Å². The average molecular weight is 284 g/mol. The van der Waals surface area contributed by atoms with Crippen LogP contribution in [0.5, 0.6) is 0 Å². The molecule has 5 N–H and O–H groups in total. The van der Waals surface area contributed by atoms with Gasteiger partial charge in [-0.05, 0) is 38.6 Å². The molecule has 0 aromatic heterocycles. The monoisotopic (exact) mass is 284 g/mol. The van der Waals surface area contributed by atoms with E-state index in [2.05, 4.69) is 15.5 Å². The molecule has 1 unspecified atom stereocenters. The largest absolute Gasteiger partial charge is 0.480 e. The first-order valence-electron chi connectivity index (χ1n) is 7.84. The Labute approximate surface area is 121 Å². The van der Waals surface area contributed by atoms with Gasteiger partial charge in [0.25, 0.3) is 0 Å². The topological polar surface area (TPSA) is 90.6 Å². The number of carbonyl (C=O) groups is 1. The molecule has 0 radical (unpaired) electrons. The lowest BCUT2D eigenvalue weighted by Gasteiger charge is -2.53. The maximum Gasteiger partial charge on any atom is 0.320 e. The maximum atomic E-state index is 11.5. The van der Waals surface area contributed by atoms with Crippen LogP contribution in [0.25, 0.3) is 0 Å². The summed E-state index contributed by atoms with van der Waals surface area (Å²) in [5, 5.41) is 16.2. The summed E-state index contributed by atoms with van der Waals surface area (Å²) < 4.78 is 0. The molecule has 1 saturated heterocycles. The maximum absolute atomic E-state index is 11.5. The van der Waals surface area contributed by atoms with Crippen molar-refractivity contribution in [2.45, 2.75) is 50.2 Å². The first kappa shape index (κ1) is 15.7. The third-order valence-corrected chi connectivity index (χ3v) is 4.59. The number of nitrogens with two attached hydrogens (primary N) is 1. The smallest absolute Gasteiger partial charge is 0.320 e. The molecule has 0 bridgehead atoms. The van der Waals surface area contributed by atoms with Gasteiger partial charge in [-0.1, -0.05) is 6.42 Å². The van der Waals surface area contributed by atoms with Crippen molar-refractivity contribution in [2.75, 3.05) is 32.7 Å². The van der Waals surface area contributed by atoms with Crippen LogP contribution in [0.1, 0.15) is 38.5 Å². The second kappa shape index (κ2) is 7.36. The molecule has 2 aliphatic rings. The van der Waals surface area contributed by atoms with Crippen LogP contribution in [-0.4, -0.2) is 60.4 Å². The van der Waals surface area contributed by atoms with Crippen LogP contribution < -0.4 is 16.4 Å². The number of nitrogens with zero attached hydrogens (tertiary/aromatic N) is 1. The molecule has 0 amide bonds. The summed E-state index contributed by atoms with van der Waals surface area (Å²) in [6.45, 7) is 4.63. The lowest BCUT2D eigenvalue weighted by atomic mass is 9.81. The van der Waals surface area contributed by atoms with Crippen LogP contribution in [0.3, 0.4) is 0 Å². The quantitative estimate of drug-likeness (QED) is 0.467. The van der Waals surface area contributed by atoms with Crippen LogP contribution in [0.2, 0.25) is 0 Å². The molecule has 0 aromatic carbocycles. The molecular formula is C14H28N4O2. The number of unbranched alkanes of at least 4 members (excludes halogenated alkanes) is 1. The number of carboxylic acid groups (broad SMARTS) is 1. The molecule has 1 aliphatic heterocycles. The highest BCUT2D eigenvalue weighted by Gasteiger charge is 2.44.